The van der Waals surface area contributed by atoms with Gasteiger partial charge in [-0.05, 0) is 81.9 Å². The number of nitrogens with zero attached hydrogens (tertiary/aromatic N) is 4. The Morgan fingerprint density at radius 1 is 0.540 bits per heavy atom. The van der Waals surface area contributed by atoms with E-state index in [2.05, 4.69) is 164 Å². The van der Waals surface area contributed by atoms with Crippen molar-refractivity contribution in [1.29, 1.82) is 0 Å². The molecule has 2 aromatic heterocycles. The summed E-state index contributed by atoms with van der Waals surface area (Å²) in [5.41, 5.74) is 12.1. The van der Waals surface area contributed by atoms with Gasteiger partial charge in [-0.2, -0.15) is 5.06 Å². The van der Waals surface area contributed by atoms with Crippen molar-refractivity contribution in [3.8, 4) is 28.1 Å². The predicted molar refractivity (Wildman–Crippen MR) is 206 cm³/mol. The summed E-state index contributed by atoms with van der Waals surface area (Å²) >= 11 is 0. The first kappa shape index (κ1) is 29.9. The molecule has 1 aliphatic heterocycles. The summed E-state index contributed by atoms with van der Waals surface area (Å²) in [6.45, 7) is 4.59. The number of hydrogen-bond acceptors (Lipinski definition) is 4. The molecule has 0 radical (unpaired) electrons. The van der Waals surface area contributed by atoms with Crippen LogP contribution in [0, 0.1) is 0 Å². The Hall–Kier alpha value is -6.17. The van der Waals surface area contributed by atoms with Crippen molar-refractivity contribution in [2.24, 2.45) is 0 Å². The van der Waals surface area contributed by atoms with Gasteiger partial charge in [-0.3, -0.25) is 4.57 Å². The van der Waals surface area contributed by atoms with Gasteiger partial charge < -0.3 is 0 Å². The predicted octanol–water partition coefficient (Wildman–Crippen LogP) is 11.3. The Morgan fingerprint density at radius 2 is 1.22 bits per heavy atom. The van der Waals surface area contributed by atoms with Crippen LogP contribution in [0.5, 0.6) is 0 Å². The number of anilines is 3. The van der Waals surface area contributed by atoms with Crippen molar-refractivity contribution >= 4 is 38.9 Å². The second-order valence-electron chi connectivity index (χ2n) is 13.4. The summed E-state index contributed by atoms with van der Waals surface area (Å²) in [5, 5.41) is 6.13. The number of aromatic nitrogens is 2. The molecule has 8 aromatic rings. The number of hydroxylamine groups is 1. The van der Waals surface area contributed by atoms with E-state index in [9.17, 15) is 0 Å². The molecule has 50 heavy (non-hydrogen) atoms. The third-order valence-corrected chi connectivity index (χ3v) is 10.1. The third kappa shape index (κ3) is 4.86. The lowest BCUT2D eigenvalue weighted by Crippen LogP contribution is -2.22. The van der Waals surface area contributed by atoms with Crippen LogP contribution in [-0.4, -0.2) is 16.6 Å². The summed E-state index contributed by atoms with van der Waals surface area (Å²) in [6.07, 6.45) is 1.93. The minimum atomic E-state index is -0.305. The maximum Gasteiger partial charge on any atom is 0.138 e. The number of fused-ring (bicyclic) bond motifs is 4. The van der Waals surface area contributed by atoms with Crippen molar-refractivity contribution in [2.75, 3.05) is 17.2 Å². The molecule has 0 bridgehead atoms. The first-order chi connectivity index (χ1) is 24.5. The lowest BCUT2D eigenvalue weighted by atomic mass is 9.77. The average molecular weight is 649 g/mol. The zero-order chi connectivity index (χ0) is 33.8. The number of hydrogen-bond donors (Lipinski definition) is 0. The Morgan fingerprint density at radius 3 is 2.06 bits per heavy atom. The van der Waals surface area contributed by atoms with Crippen LogP contribution in [0.1, 0.15) is 25.0 Å². The molecule has 5 nitrogen and oxygen atoms in total. The first-order valence-electron chi connectivity index (χ1n) is 17.0. The maximum absolute atomic E-state index is 6.18. The topological polar surface area (TPSA) is 33.5 Å². The molecule has 242 valence electrons. The van der Waals surface area contributed by atoms with Crippen molar-refractivity contribution in [3.63, 3.8) is 0 Å². The van der Waals surface area contributed by atoms with Gasteiger partial charge in [-0.1, -0.05) is 123 Å². The average Bonchev–Trinajstić information content (AvgIpc) is 3.69. The standard InChI is InChI=1S/C45H36N4O/c1-45(2,33-16-13-17-35(29-33)49-42-23-12-11-22-41(42)47(3)50-49)34-24-25-39-38-20-9-10-21-40(38)48(43(39)30-34)44-28-32(26-27-46-44)37-19-8-7-18-36(37)31-14-5-4-6-15-31/h4-30H,1-3H3. The molecule has 0 amide bonds. The highest BCUT2D eigenvalue weighted by Gasteiger charge is 2.29. The Labute approximate surface area is 292 Å². The van der Waals surface area contributed by atoms with Gasteiger partial charge in [0.1, 0.15) is 5.82 Å². The highest BCUT2D eigenvalue weighted by Crippen LogP contribution is 2.43. The van der Waals surface area contributed by atoms with Gasteiger partial charge in [0.15, 0.2) is 0 Å². The highest BCUT2D eigenvalue weighted by atomic mass is 16.8. The van der Waals surface area contributed by atoms with Crippen LogP contribution >= 0.6 is 0 Å². The Balaban J connectivity index is 1.16. The minimum Gasteiger partial charge on any atom is -0.294 e. The second-order valence-corrected chi connectivity index (χ2v) is 13.4. The van der Waals surface area contributed by atoms with Crippen LogP contribution in [0.15, 0.2) is 164 Å². The van der Waals surface area contributed by atoms with Crippen LogP contribution in [0.25, 0.3) is 49.9 Å². The van der Waals surface area contributed by atoms with E-state index in [-0.39, 0.29) is 5.41 Å². The maximum atomic E-state index is 6.18. The molecule has 5 heteroatoms. The molecule has 0 fully saturated rings. The van der Waals surface area contributed by atoms with E-state index < -0.39 is 0 Å². The fraction of sp³-hybridized carbons (Fsp3) is 0.0889. The van der Waals surface area contributed by atoms with Gasteiger partial charge in [-0.25, -0.2) is 10.0 Å². The molecule has 0 N–H and O–H groups in total. The molecular weight excluding hydrogens is 613 g/mol. The summed E-state index contributed by atoms with van der Waals surface area (Å²) in [6, 6.07) is 56.0. The van der Waals surface area contributed by atoms with Crippen LogP contribution in [0.2, 0.25) is 0 Å². The smallest absolute Gasteiger partial charge is 0.138 e. The normalized spacial score (nSPS) is 12.9. The lowest BCUT2D eigenvalue weighted by Gasteiger charge is -2.28. The molecule has 0 spiro atoms. The van der Waals surface area contributed by atoms with Gasteiger partial charge in [-0.15, -0.1) is 4.94 Å². The zero-order valence-corrected chi connectivity index (χ0v) is 28.3. The van der Waals surface area contributed by atoms with E-state index >= 15 is 0 Å². The lowest BCUT2D eigenvalue weighted by molar-refractivity contribution is 0.142. The quantitative estimate of drug-likeness (QED) is 0.180. The van der Waals surface area contributed by atoms with Gasteiger partial charge in [0.05, 0.1) is 28.1 Å². The number of para-hydroxylation sites is 3. The number of rotatable bonds is 6. The summed E-state index contributed by atoms with van der Waals surface area (Å²) in [7, 11) is 1.94. The molecule has 0 unspecified atom stereocenters. The van der Waals surface area contributed by atoms with E-state index in [0.717, 1.165) is 39.5 Å². The second kappa shape index (κ2) is 11.8. The molecule has 3 heterocycles. The molecule has 6 aromatic carbocycles. The SMILES string of the molecule is CN1ON(c2cccc(C(C)(C)c3ccc4c5ccccc5n(-c5cc(-c6ccccc6-c6ccccc6)ccn5)c4c3)c2)c2ccccc21. The summed E-state index contributed by atoms with van der Waals surface area (Å²) in [4.78, 5) is 11.2. The molecule has 0 saturated carbocycles. The third-order valence-electron chi connectivity index (χ3n) is 10.1. The van der Waals surface area contributed by atoms with Crippen molar-refractivity contribution < 1.29 is 4.94 Å². The largest absolute Gasteiger partial charge is 0.294 e. The van der Waals surface area contributed by atoms with Crippen LogP contribution in [-0.2, 0) is 10.4 Å². The van der Waals surface area contributed by atoms with Gasteiger partial charge >= 0.3 is 0 Å². The summed E-state index contributed by atoms with van der Waals surface area (Å²) < 4.78 is 2.32. The van der Waals surface area contributed by atoms with E-state index in [0.29, 0.717) is 0 Å². The summed E-state index contributed by atoms with van der Waals surface area (Å²) in [5.74, 6) is 0.891. The molecule has 0 atom stereocenters. The van der Waals surface area contributed by atoms with E-state index in [1.165, 1.54) is 38.6 Å². The molecule has 9 rings (SSSR count). The molecule has 0 aliphatic carbocycles. The number of pyridine rings is 1. The monoisotopic (exact) mass is 648 g/mol. The Kier molecular flexibility index (Phi) is 7.04. The molecule has 1 aliphatic rings. The van der Waals surface area contributed by atoms with Crippen LogP contribution in [0.3, 0.4) is 0 Å². The number of benzene rings is 6. The van der Waals surface area contributed by atoms with Crippen molar-refractivity contribution in [1.82, 2.24) is 9.55 Å². The van der Waals surface area contributed by atoms with Crippen LogP contribution in [0.4, 0.5) is 17.1 Å². The fourth-order valence-electron chi connectivity index (χ4n) is 7.41. The van der Waals surface area contributed by atoms with Crippen molar-refractivity contribution in [2.45, 2.75) is 19.3 Å². The minimum absolute atomic E-state index is 0.305. The van der Waals surface area contributed by atoms with Crippen molar-refractivity contribution in [3.05, 3.63) is 175 Å². The van der Waals surface area contributed by atoms with E-state index in [4.69, 9.17) is 9.92 Å². The van der Waals surface area contributed by atoms with E-state index in [1.54, 1.807) is 0 Å². The van der Waals surface area contributed by atoms with Gasteiger partial charge in [0.2, 0.25) is 0 Å². The first-order valence-corrected chi connectivity index (χ1v) is 17.0. The Bertz CT molecular complexity index is 2530. The van der Waals surface area contributed by atoms with Gasteiger partial charge in [0, 0.05) is 29.4 Å². The molecule has 0 saturated heterocycles. The van der Waals surface area contributed by atoms with E-state index in [1.807, 2.05) is 35.5 Å². The highest BCUT2D eigenvalue weighted by molar-refractivity contribution is 6.09. The van der Waals surface area contributed by atoms with Gasteiger partial charge in [0.25, 0.3) is 0 Å². The fourth-order valence-corrected chi connectivity index (χ4v) is 7.41. The van der Waals surface area contributed by atoms with Crippen LogP contribution < -0.4 is 10.1 Å². The molecular formula is C45H36N4O. The zero-order valence-electron chi connectivity index (χ0n) is 28.3.